The third kappa shape index (κ3) is 6.10. The molecule has 0 aliphatic carbocycles. The fourth-order valence-electron chi connectivity index (χ4n) is 4.12. The highest BCUT2D eigenvalue weighted by atomic mass is 16.6. The van der Waals surface area contributed by atoms with Crippen molar-refractivity contribution in [2.75, 3.05) is 13.7 Å². The van der Waals surface area contributed by atoms with Gasteiger partial charge in [0.05, 0.1) is 30.6 Å². The number of esters is 1. The molecule has 4 aromatic carbocycles. The van der Waals surface area contributed by atoms with Crippen molar-refractivity contribution in [3.05, 3.63) is 127 Å². The quantitative estimate of drug-likeness (QED) is 0.202. The number of carbonyl (C=O) groups is 1. The topological polar surface area (TPSA) is 62.6 Å². The van der Waals surface area contributed by atoms with Crippen LogP contribution in [-0.4, -0.2) is 35.6 Å². The Labute approximate surface area is 222 Å². The van der Waals surface area contributed by atoms with Gasteiger partial charge in [-0.1, -0.05) is 78.9 Å². The SMILES string of the molecule is COc1ccc(C(=O)OC(COc2ccccc2)Cn2nc(-c3ccccc3)cc2-c2ccccc2)cc1. The molecule has 190 valence electrons. The molecule has 0 N–H and O–H groups in total. The fourth-order valence-corrected chi connectivity index (χ4v) is 4.12. The third-order valence-electron chi connectivity index (χ3n) is 6.07. The maximum Gasteiger partial charge on any atom is 0.338 e. The van der Waals surface area contributed by atoms with E-state index in [9.17, 15) is 4.79 Å². The molecule has 1 atom stereocenters. The molecular formula is C32H28N2O4. The lowest BCUT2D eigenvalue weighted by atomic mass is 10.1. The number of carbonyl (C=O) groups excluding carboxylic acids is 1. The van der Waals surface area contributed by atoms with Gasteiger partial charge in [0.25, 0.3) is 0 Å². The monoisotopic (exact) mass is 504 g/mol. The van der Waals surface area contributed by atoms with Crippen molar-refractivity contribution in [2.24, 2.45) is 0 Å². The van der Waals surface area contributed by atoms with E-state index in [2.05, 4.69) is 6.07 Å². The van der Waals surface area contributed by atoms with Gasteiger partial charge in [0.1, 0.15) is 18.1 Å². The minimum Gasteiger partial charge on any atom is -0.497 e. The van der Waals surface area contributed by atoms with Crippen LogP contribution >= 0.6 is 0 Å². The number of ether oxygens (including phenoxy) is 3. The highest BCUT2D eigenvalue weighted by Crippen LogP contribution is 2.27. The van der Waals surface area contributed by atoms with Crippen LogP contribution in [0.15, 0.2) is 121 Å². The van der Waals surface area contributed by atoms with Gasteiger partial charge in [-0.25, -0.2) is 4.79 Å². The number of hydrogen-bond donors (Lipinski definition) is 0. The van der Waals surface area contributed by atoms with Crippen LogP contribution < -0.4 is 9.47 Å². The smallest absolute Gasteiger partial charge is 0.338 e. The molecule has 0 saturated heterocycles. The van der Waals surface area contributed by atoms with E-state index in [1.165, 1.54) is 0 Å². The van der Waals surface area contributed by atoms with Crippen molar-refractivity contribution >= 4 is 5.97 Å². The Morgan fingerprint density at radius 1 is 0.763 bits per heavy atom. The molecule has 0 aliphatic heterocycles. The van der Waals surface area contributed by atoms with Gasteiger partial charge < -0.3 is 14.2 Å². The molecule has 5 aromatic rings. The predicted octanol–water partition coefficient (Wildman–Crippen LogP) is 6.53. The van der Waals surface area contributed by atoms with Gasteiger partial charge in [-0.05, 0) is 48.0 Å². The van der Waals surface area contributed by atoms with Crippen LogP contribution in [0.3, 0.4) is 0 Å². The Kier molecular flexibility index (Phi) is 7.80. The first kappa shape index (κ1) is 24.8. The molecular weight excluding hydrogens is 476 g/mol. The minimum atomic E-state index is -0.601. The van der Waals surface area contributed by atoms with E-state index in [0.717, 1.165) is 22.5 Å². The number of aromatic nitrogens is 2. The van der Waals surface area contributed by atoms with Crippen molar-refractivity contribution in [3.8, 4) is 34.0 Å². The normalized spacial score (nSPS) is 11.5. The van der Waals surface area contributed by atoms with Gasteiger partial charge in [0.15, 0.2) is 6.10 Å². The van der Waals surface area contributed by atoms with Crippen molar-refractivity contribution < 1.29 is 19.0 Å². The Hall–Kier alpha value is -4.84. The van der Waals surface area contributed by atoms with Crippen LogP contribution in [0.25, 0.3) is 22.5 Å². The van der Waals surface area contributed by atoms with E-state index >= 15 is 0 Å². The molecule has 0 fully saturated rings. The van der Waals surface area contributed by atoms with Gasteiger partial charge in [-0.3, -0.25) is 4.68 Å². The number of nitrogens with zero attached hydrogens (tertiary/aromatic N) is 2. The predicted molar refractivity (Wildman–Crippen MR) is 147 cm³/mol. The fraction of sp³-hybridized carbons (Fsp3) is 0.125. The second kappa shape index (κ2) is 11.9. The summed E-state index contributed by atoms with van der Waals surface area (Å²) in [6, 6.07) is 38.5. The lowest BCUT2D eigenvalue weighted by Crippen LogP contribution is -2.30. The minimum absolute atomic E-state index is 0.167. The van der Waals surface area contributed by atoms with Gasteiger partial charge in [0.2, 0.25) is 0 Å². The number of hydrogen-bond acceptors (Lipinski definition) is 5. The molecule has 38 heavy (non-hydrogen) atoms. The Balaban J connectivity index is 1.45. The van der Waals surface area contributed by atoms with Crippen LogP contribution in [0.1, 0.15) is 10.4 Å². The third-order valence-corrected chi connectivity index (χ3v) is 6.07. The van der Waals surface area contributed by atoms with E-state index in [1.807, 2.05) is 95.7 Å². The standard InChI is InChI=1S/C32H28N2O4/c1-36-27-19-17-26(18-20-27)32(35)38-29(23-37-28-15-9-4-10-16-28)22-34-31(25-13-7-3-8-14-25)21-30(33-34)24-11-5-2-6-12-24/h2-21,29H,22-23H2,1H3. The zero-order valence-corrected chi connectivity index (χ0v) is 21.1. The zero-order chi connectivity index (χ0) is 26.2. The lowest BCUT2D eigenvalue weighted by molar-refractivity contribution is 0.0116. The molecule has 1 unspecified atom stereocenters. The second-order valence-corrected chi connectivity index (χ2v) is 8.71. The van der Waals surface area contributed by atoms with Crippen LogP contribution in [0, 0.1) is 0 Å². The number of methoxy groups -OCH3 is 1. The summed E-state index contributed by atoms with van der Waals surface area (Å²) >= 11 is 0. The average Bonchev–Trinajstić information content (AvgIpc) is 3.41. The van der Waals surface area contributed by atoms with Gasteiger partial charge in [-0.2, -0.15) is 5.10 Å². The molecule has 6 nitrogen and oxygen atoms in total. The molecule has 5 rings (SSSR count). The number of para-hydroxylation sites is 1. The molecule has 1 aromatic heterocycles. The van der Waals surface area contributed by atoms with Crippen molar-refractivity contribution in [1.82, 2.24) is 9.78 Å². The molecule has 0 spiro atoms. The zero-order valence-electron chi connectivity index (χ0n) is 21.1. The van der Waals surface area contributed by atoms with E-state index in [-0.39, 0.29) is 6.61 Å². The molecule has 1 heterocycles. The first-order valence-electron chi connectivity index (χ1n) is 12.4. The van der Waals surface area contributed by atoms with Crippen molar-refractivity contribution in [1.29, 1.82) is 0 Å². The maximum absolute atomic E-state index is 13.1. The average molecular weight is 505 g/mol. The van der Waals surface area contributed by atoms with Crippen molar-refractivity contribution in [3.63, 3.8) is 0 Å². The summed E-state index contributed by atoms with van der Waals surface area (Å²) in [5.41, 5.74) is 4.23. The van der Waals surface area contributed by atoms with Crippen LogP contribution in [0.4, 0.5) is 0 Å². The van der Waals surface area contributed by atoms with Crippen LogP contribution in [0.5, 0.6) is 11.5 Å². The van der Waals surface area contributed by atoms with E-state index in [4.69, 9.17) is 19.3 Å². The van der Waals surface area contributed by atoms with Crippen LogP contribution in [0.2, 0.25) is 0 Å². The molecule has 0 bridgehead atoms. The summed E-state index contributed by atoms with van der Waals surface area (Å²) in [6.45, 7) is 0.479. The Morgan fingerprint density at radius 2 is 1.37 bits per heavy atom. The molecule has 0 aliphatic rings. The summed E-state index contributed by atoms with van der Waals surface area (Å²) < 4.78 is 19.1. The largest absolute Gasteiger partial charge is 0.497 e. The molecule has 0 saturated carbocycles. The van der Waals surface area contributed by atoms with Gasteiger partial charge in [-0.15, -0.1) is 0 Å². The first-order chi connectivity index (χ1) is 18.7. The molecule has 0 amide bonds. The highest BCUT2D eigenvalue weighted by Gasteiger charge is 2.21. The summed E-state index contributed by atoms with van der Waals surface area (Å²) in [5.74, 6) is 0.931. The molecule has 6 heteroatoms. The number of rotatable bonds is 10. The van der Waals surface area contributed by atoms with E-state index < -0.39 is 12.1 Å². The maximum atomic E-state index is 13.1. The van der Waals surface area contributed by atoms with Crippen LogP contribution in [-0.2, 0) is 11.3 Å². The van der Waals surface area contributed by atoms with E-state index in [0.29, 0.717) is 23.6 Å². The highest BCUT2D eigenvalue weighted by molar-refractivity contribution is 5.89. The van der Waals surface area contributed by atoms with Gasteiger partial charge in [0, 0.05) is 5.56 Å². The second-order valence-electron chi connectivity index (χ2n) is 8.71. The summed E-state index contributed by atoms with van der Waals surface area (Å²) in [4.78, 5) is 13.1. The Morgan fingerprint density at radius 3 is 2.00 bits per heavy atom. The summed E-state index contributed by atoms with van der Waals surface area (Å²) in [5, 5.41) is 4.91. The first-order valence-corrected chi connectivity index (χ1v) is 12.4. The number of benzene rings is 4. The van der Waals surface area contributed by atoms with E-state index in [1.54, 1.807) is 31.4 Å². The molecule has 0 radical (unpaired) electrons. The lowest BCUT2D eigenvalue weighted by Gasteiger charge is -2.20. The Bertz CT molecular complexity index is 1450. The van der Waals surface area contributed by atoms with Crippen molar-refractivity contribution in [2.45, 2.75) is 12.6 Å². The van der Waals surface area contributed by atoms with Gasteiger partial charge >= 0.3 is 5.97 Å². The summed E-state index contributed by atoms with van der Waals surface area (Å²) in [6.07, 6.45) is -0.601. The summed E-state index contributed by atoms with van der Waals surface area (Å²) in [7, 11) is 1.59.